The Morgan fingerprint density at radius 1 is 1.17 bits per heavy atom. The third kappa shape index (κ3) is 5.09. The lowest BCUT2D eigenvalue weighted by Crippen LogP contribution is -2.13. The molecule has 0 unspecified atom stereocenters. The topological polar surface area (TPSA) is 12.5 Å². The molecular formula is C16H27NO. The van der Waals surface area contributed by atoms with Crippen molar-refractivity contribution in [3.63, 3.8) is 0 Å². The first kappa shape index (κ1) is 15.0. The quantitative estimate of drug-likeness (QED) is 0.681. The van der Waals surface area contributed by atoms with E-state index in [-0.39, 0.29) is 0 Å². The normalized spacial score (nSPS) is 11.3. The van der Waals surface area contributed by atoms with Crippen LogP contribution >= 0.6 is 0 Å². The van der Waals surface area contributed by atoms with E-state index in [0.717, 1.165) is 25.3 Å². The average Bonchev–Trinajstić information content (AvgIpc) is 2.27. The van der Waals surface area contributed by atoms with Gasteiger partial charge in [-0.15, -0.1) is 0 Å². The van der Waals surface area contributed by atoms with Crippen LogP contribution in [-0.2, 0) is 0 Å². The first-order valence-electron chi connectivity index (χ1n) is 6.88. The summed E-state index contributed by atoms with van der Waals surface area (Å²) in [4.78, 5) is 2.21. The highest BCUT2D eigenvalue weighted by molar-refractivity contribution is 5.39. The van der Waals surface area contributed by atoms with E-state index in [0.29, 0.717) is 5.92 Å². The number of ether oxygens (including phenoxy) is 1. The Hall–Kier alpha value is -1.02. The van der Waals surface area contributed by atoms with Gasteiger partial charge in [0.1, 0.15) is 5.75 Å². The molecule has 1 rings (SSSR count). The number of nitrogens with zero attached hydrogens (tertiary/aromatic N) is 1. The lowest BCUT2D eigenvalue weighted by molar-refractivity contribution is 0.289. The average molecular weight is 249 g/mol. The monoisotopic (exact) mass is 249 g/mol. The van der Waals surface area contributed by atoms with Crippen LogP contribution in [0.2, 0.25) is 0 Å². The molecule has 0 saturated heterocycles. The Morgan fingerprint density at radius 3 is 2.50 bits per heavy atom. The third-order valence-electron chi connectivity index (χ3n) is 3.05. The fraction of sp³-hybridized carbons (Fsp3) is 0.625. The van der Waals surface area contributed by atoms with Gasteiger partial charge < -0.3 is 9.64 Å². The molecule has 1 aromatic carbocycles. The fourth-order valence-electron chi connectivity index (χ4n) is 1.96. The van der Waals surface area contributed by atoms with Gasteiger partial charge in [0, 0.05) is 0 Å². The van der Waals surface area contributed by atoms with Crippen LogP contribution in [-0.4, -0.2) is 32.1 Å². The van der Waals surface area contributed by atoms with Crippen molar-refractivity contribution in [2.75, 3.05) is 27.2 Å². The van der Waals surface area contributed by atoms with Crippen molar-refractivity contribution in [3.8, 4) is 5.75 Å². The van der Waals surface area contributed by atoms with E-state index in [4.69, 9.17) is 4.74 Å². The Bertz CT molecular complexity index is 358. The molecule has 0 aromatic heterocycles. The van der Waals surface area contributed by atoms with Gasteiger partial charge in [-0.2, -0.15) is 0 Å². The zero-order chi connectivity index (χ0) is 13.5. The molecule has 102 valence electrons. The molecule has 0 aliphatic rings. The molecule has 0 atom stereocenters. The standard InChI is InChI=1S/C16H27NO/c1-13(2)15-9-8-14(3)12-16(15)18-11-7-6-10-17(4)5/h8-9,12-13H,6-7,10-11H2,1-5H3. The van der Waals surface area contributed by atoms with Crippen LogP contribution in [0.3, 0.4) is 0 Å². The molecule has 0 amide bonds. The van der Waals surface area contributed by atoms with Crippen LogP contribution in [0.5, 0.6) is 5.75 Å². The smallest absolute Gasteiger partial charge is 0.122 e. The minimum absolute atomic E-state index is 0.516. The molecule has 0 saturated carbocycles. The maximum atomic E-state index is 5.94. The van der Waals surface area contributed by atoms with Crippen molar-refractivity contribution < 1.29 is 4.74 Å². The molecule has 0 heterocycles. The number of aryl methyl sites for hydroxylation is 1. The zero-order valence-corrected chi connectivity index (χ0v) is 12.5. The SMILES string of the molecule is Cc1ccc(C(C)C)c(OCCCCN(C)C)c1. The summed E-state index contributed by atoms with van der Waals surface area (Å²) >= 11 is 0. The molecule has 0 bridgehead atoms. The Morgan fingerprint density at radius 2 is 1.89 bits per heavy atom. The second kappa shape index (κ2) is 7.42. The molecule has 0 N–H and O–H groups in total. The van der Waals surface area contributed by atoms with Crippen LogP contribution in [0.25, 0.3) is 0 Å². The number of unbranched alkanes of at least 4 members (excludes halogenated alkanes) is 1. The summed E-state index contributed by atoms with van der Waals surface area (Å²) in [5.41, 5.74) is 2.58. The maximum absolute atomic E-state index is 5.94. The van der Waals surface area contributed by atoms with Gasteiger partial charge in [-0.25, -0.2) is 0 Å². The van der Waals surface area contributed by atoms with Gasteiger partial charge in [-0.1, -0.05) is 26.0 Å². The van der Waals surface area contributed by atoms with Crippen LogP contribution < -0.4 is 4.74 Å². The lowest BCUT2D eigenvalue weighted by atomic mass is 10.0. The van der Waals surface area contributed by atoms with E-state index in [9.17, 15) is 0 Å². The van der Waals surface area contributed by atoms with E-state index in [1.165, 1.54) is 17.5 Å². The first-order chi connectivity index (χ1) is 8.50. The highest BCUT2D eigenvalue weighted by Gasteiger charge is 2.07. The predicted octanol–water partition coefficient (Wildman–Crippen LogP) is 3.84. The van der Waals surface area contributed by atoms with Gasteiger partial charge in [-0.3, -0.25) is 0 Å². The Balaban J connectivity index is 2.48. The van der Waals surface area contributed by atoms with E-state index in [2.05, 4.69) is 58.0 Å². The summed E-state index contributed by atoms with van der Waals surface area (Å²) < 4.78 is 5.94. The summed E-state index contributed by atoms with van der Waals surface area (Å²) in [6.45, 7) is 8.49. The molecule has 18 heavy (non-hydrogen) atoms. The Kier molecular flexibility index (Phi) is 6.20. The first-order valence-corrected chi connectivity index (χ1v) is 6.88. The highest BCUT2D eigenvalue weighted by Crippen LogP contribution is 2.27. The fourth-order valence-corrected chi connectivity index (χ4v) is 1.96. The van der Waals surface area contributed by atoms with Crippen LogP contribution in [0, 0.1) is 6.92 Å². The van der Waals surface area contributed by atoms with Crippen LogP contribution in [0.4, 0.5) is 0 Å². The molecule has 2 nitrogen and oxygen atoms in total. The molecular weight excluding hydrogens is 222 g/mol. The van der Waals surface area contributed by atoms with Crippen LogP contribution in [0.1, 0.15) is 43.7 Å². The summed E-state index contributed by atoms with van der Waals surface area (Å²) in [6, 6.07) is 6.50. The minimum atomic E-state index is 0.516. The lowest BCUT2D eigenvalue weighted by Gasteiger charge is -2.15. The molecule has 0 fully saturated rings. The van der Waals surface area contributed by atoms with Crippen molar-refractivity contribution in [3.05, 3.63) is 29.3 Å². The molecule has 2 heteroatoms. The molecule has 1 aromatic rings. The molecule has 0 aliphatic carbocycles. The van der Waals surface area contributed by atoms with Crippen molar-refractivity contribution in [1.82, 2.24) is 4.90 Å². The van der Waals surface area contributed by atoms with Gasteiger partial charge in [0.2, 0.25) is 0 Å². The van der Waals surface area contributed by atoms with Gasteiger partial charge in [0.15, 0.2) is 0 Å². The summed E-state index contributed by atoms with van der Waals surface area (Å²) in [5.74, 6) is 1.58. The Labute approximate surface area is 112 Å². The van der Waals surface area contributed by atoms with E-state index >= 15 is 0 Å². The highest BCUT2D eigenvalue weighted by atomic mass is 16.5. The number of benzene rings is 1. The van der Waals surface area contributed by atoms with Crippen molar-refractivity contribution >= 4 is 0 Å². The molecule has 0 radical (unpaired) electrons. The second-order valence-corrected chi connectivity index (χ2v) is 5.55. The van der Waals surface area contributed by atoms with E-state index < -0.39 is 0 Å². The van der Waals surface area contributed by atoms with Gasteiger partial charge in [-0.05, 0) is 63.5 Å². The van der Waals surface area contributed by atoms with Gasteiger partial charge in [0.25, 0.3) is 0 Å². The van der Waals surface area contributed by atoms with Crippen molar-refractivity contribution in [1.29, 1.82) is 0 Å². The zero-order valence-electron chi connectivity index (χ0n) is 12.5. The predicted molar refractivity (Wildman–Crippen MR) is 78.6 cm³/mol. The summed E-state index contributed by atoms with van der Waals surface area (Å²) in [7, 11) is 4.22. The van der Waals surface area contributed by atoms with Crippen molar-refractivity contribution in [2.45, 2.75) is 39.5 Å². The number of hydrogen-bond acceptors (Lipinski definition) is 2. The maximum Gasteiger partial charge on any atom is 0.122 e. The van der Waals surface area contributed by atoms with Crippen LogP contribution in [0.15, 0.2) is 18.2 Å². The van der Waals surface area contributed by atoms with E-state index in [1.54, 1.807) is 0 Å². The van der Waals surface area contributed by atoms with Gasteiger partial charge >= 0.3 is 0 Å². The summed E-state index contributed by atoms with van der Waals surface area (Å²) in [5, 5.41) is 0. The largest absolute Gasteiger partial charge is 0.493 e. The summed E-state index contributed by atoms with van der Waals surface area (Å²) in [6.07, 6.45) is 2.31. The molecule has 0 aliphatic heterocycles. The van der Waals surface area contributed by atoms with E-state index in [1.807, 2.05) is 0 Å². The molecule has 0 spiro atoms. The second-order valence-electron chi connectivity index (χ2n) is 5.55. The number of rotatable bonds is 7. The van der Waals surface area contributed by atoms with Crippen molar-refractivity contribution in [2.24, 2.45) is 0 Å². The van der Waals surface area contributed by atoms with Gasteiger partial charge in [0.05, 0.1) is 6.61 Å². The number of hydrogen-bond donors (Lipinski definition) is 0. The third-order valence-corrected chi connectivity index (χ3v) is 3.05. The minimum Gasteiger partial charge on any atom is -0.493 e.